The van der Waals surface area contributed by atoms with E-state index in [1.807, 2.05) is 0 Å². The van der Waals surface area contributed by atoms with Gasteiger partial charge in [-0.25, -0.2) is 4.39 Å². The van der Waals surface area contributed by atoms with Gasteiger partial charge in [-0.2, -0.15) is 0 Å². The number of halogens is 1. The quantitative estimate of drug-likeness (QED) is 0.528. The average molecular weight is 276 g/mol. The molecule has 1 aromatic heterocycles. The molecular weight excluding hydrogens is 267 g/mol. The second-order valence-corrected chi connectivity index (χ2v) is 3.76. The molecule has 0 unspecified atom stereocenters. The maximum absolute atomic E-state index is 12.7. The lowest BCUT2D eigenvalue weighted by Crippen LogP contribution is -2.07. The maximum Gasteiger partial charge on any atom is 0.433 e. The molecule has 2 rings (SSSR count). The number of amides is 1. The summed E-state index contributed by atoms with van der Waals surface area (Å²) in [6.07, 6.45) is 2.46. The van der Waals surface area contributed by atoms with Gasteiger partial charge in [0.2, 0.25) is 5.91 Å². The van der Waals surface area contributed by atoms with Gasteiger partial charge in [0.05, 0.1) is 6.07 Å². The monoisotopic (exact) mass is 276 g/mol. The molecule has 0 fully saturated rings. The maximum atomic E-state index is 12.7. The van der Waals surface area contributed by atoms with Crippen LogP contribution in [0.1, 0.15) is 5.76 Å². The standard InChI is InChI=1S/C13H9FN2O4/c14-9-1-3-10(4-2-9)15-12(17)7-5-11-6-8-13(20-11)16(18)19/h1-8H,(H,15,17). The Morgan fingerprint density at radius 3 is 2.55 bits per heavy atom. The fraction of sp³-hybridized carbons (Fsp3) is 0. The summed E-state index contributed by atoms with van der Waals surface area (Å²) in [7, 11) is 0. The molecular formula is C13H9FN2O4. The van der Waals surface area contributed by atoms with E-state index in [0.29, 0.717) is 5.69 Å². The van der Waals surface area contributed by atoms with Gasteiger partial charge in [-0.3, -0.25) is 14.9 Å². The van der Waals surface area contributed by atoms with E-state index < -0.39 is 22.5 Å². The lowest BCUT2D eigenvalue weighted by atomic mass is 10.3. The van der Waals surface area contributed by atoms with Crippen molar-refractivity contribution < 1.29 is 18.5 Å². The molecule has 0 bridgehead atoms. The van der Waals surface area contributed by atoms with Gasteiger partial charge < -0.3 is 9.73 Å². The molecule has 0 aliphatic heterocycles. The number of anilines is 1. The predicted molar refractivity (Wildman–Crippen MR) is 69.4 cm³/mol. The van der Waals surface area contributed by atoms with E-state index in [9.17, 15) is 19.3 Å². The van der Waals surface area contributed by atoms with Gasteiger partial charge in [0.15, 0.2) is 0 Å². The van der Waals surface area contributed by atoms with Crippen molar-refractivity contribution in [2.45, 2.75) is 0 Å². The summed E-state index contributed by atoms with van der Waals surface area (Å²) < 4.78 is 17.5. The Morgan fingerprint density at radius 1 is 1.25 bits per heavy atom. The first-order chi connectivity index (χ1) is 9.54. The first kappa shape index (κ1) is 13.5. The lowest BCUT2D eigenvalue weighted by molar-refractivity contribution is -0.402. The van der Waals surface area contributed by atoms with Gasteiger partial charge >= 0.3 is 5.88 Å². The summed E-state index contributed by atoms with van der Waals surface area (Å²) in [5.41, 5.74) is 0.437. The largest absolute Gasteiger partial charge is 0.433 e. The second-order valence-electron chi connectivity index (χ2n) is 3.76. The van der Waals surface area contributed by atoms with Crippen molar-refractivity contribution in [2.24, 2.45) is 0 Å². The van der Waals surface area contributed by atoms with Crippen LogP contribution in [0.15, 0.2) is 46.9 Å². The molecule has 6 nitrogen and oxygen atoms in total. The zero-order chi connectivity index (χ0) is 14.5. The summed E-state index contributed by atoms with van der Waals surface area (Å²) in [5.74, 6) is -1.08. The van der Waals surface area contributed by atoms with E-state index in [2.05, 4.69) is 5.32 Å². The molecule has 0 saturated carbocycles. The topological polar surface area (TPSA) is 85.4 Å². The van der Waals surface area contributed by atoms with Crippen LogP contribution in [-0.2, 0) is 4.79 Å². The van der Waals surface area contributed by atoms with Crippen LogP contribution in [0, 0.1) is 15.9 Å². The Hall–Kier alpha value is -2.96. The van der Waals surface area contributed by atoms with Crippen LogP contribution < -0.4 is 5.32 Å². The molecule has 0 saturated heterocycles. The first-order valence-corrected chi connectivity index (χ1v) is 5.53. The third kappa shape index (κ3) is 3.52. The number of benzene rings is 1. The number of carbonyl (C=O) groups is 1. The van der Waals surface area contributed by atoms with E-state index in [1.54, 1.807) is 0 Å². The molecule has 1 aromatic carbocycles. The Balaban J connectivity index is 1.98. The molecule has 20 heavy (non-hydrogen) atoms. The summed E-state index contributed by atoms with van der Waals surface area (Å²) >= 11 is 0. The van der Waals surface area contributed by atoms with Gasteiger partial charge in [-0.1, -0.05) is 0 Å². The molecule has 0 aliphatic rings. The number of hydrogen-bond acceptors (Lipinski definition) is 4. The molecule has 0 aliphatic carbocycles. The average Bonchev–Trinajstić information content (AvgIpc) is 2.88. The Bertz CT molecular complexity index is 661. The van der Waals surface area contributed by atoms with Crippen molar-refractivity contribution in [3.05, 3.63) is 64.2 Å². The number of furan rings is 1. The van der Waals surface area contributed by atoms with Crippen molar-refractivity contribution in [3.63, 3.8) is 0 Å². The fourth-order valence-corrected chi connectivity index (χ4v) is 1.40. The van der Waals surface area contributed by atoms with Crippen LogP contribution in [0.3, 0.4) is 0 Å². The van der Waals surface area contributed by atoms with E-state index >= 15 is 0 Å². The highest BCUT2D eigenvalue weighted by Gasteiger charge is 2.10. The number of nitro groups is 1. The first-order valence-electron chi connectivity index (χ1n) is 5.53. The highest BCUT2D eigenvalue weighted by molar-refractivity contribution is 6.01. The number of nitrogens with one attached hydrogen (secondary N) is 1. The highest BCUT2D eigenvalue weighted by atomic mass is 19.1. The third-order valence-electron chi connectivity index (χ3n) is 2.30. The summed E-state index contributed by atoms with van der Waals surface area (Å²) in [5, 5.41) is 12.9. The minimum atomic E-state index is -0.671. The zero-order valence-electron chi connectivity index (χ0n) is 10.1. The van der Waals surface area contributed by atoms with Gasteiger partial charge in [0, 0.05) is 11.8 Å². The molecule has 7 heteroatoms. The highest BCUT2D eigenvalue weighted by Crippen LogP contribution is 2.16. The van der Waals surface area contributed by atoms with E-state index in [1.165, 1.54) is 42.5 Å². The van der Waals surface area contributed by atoms with Crippen LogP contribution in [0.4, 0.5) is 16.0 Å². The van der Waals surface area contributed by atoms with Crippen LogP contribution in [-0.4, -0.2) is 10.8 Å². The minimum Gasteiger partial charge on any atom is -0.401 e. The molecule has 102 valence electrons. The minimum absolute atomic E-state index is 0.186. The molecule has 1 amide bonds. The van der Waals surface area contributed by atoms with Gasteiger partial charge in [-0.15, -0.1) is 0 Å². The summed E-state index contributed by atoms with van der Waals surface area (Å²) in [6, 6.07) is 7.83. The van der Waals surface area contributed by atoms with Crippen LogP contribution in [0.25, 0.3) is 6.08 Å². The third-order valence-corrected chi connectivity index (χ3v) is 2.30. The Labute approximate surface area is 112 Å². The van der Waals surface area contributed by atoms with Crippen molar-refractivity contribution in [1.82, 2.24) is 0 Å². The molecule has 0 radical (unpaired) electrons. The zero-order valence-corrected chi connectivity index (χ0v) is 10.1. The Morgan fingerprint density at radius 2 is 1.95 bits per heavy atom. The SMILES string of the molecule is O=C(C=Cc1ccc([N+](=O)[O-])o1)Nc1ccc(F)cc1. The van der Waals surface area contributed by atoms with Crippen LogP contribution >= 0.6 is 0 Å². The number of rotatable bonds is 4. The van der Waals surface area contributed by atoms with E-state index in [0.717, 1.165) is 6.08 Å². The van der Waals surface area contributed by atoms with Crippen molar-refractivity contribution in [1.29, 1.82) is 0 Å². The van der Waals surface area contributed by atoms with Gasteiger partial charge in [-0.05, 0) is 36.4 Å². The smallest absolute Gasteiger partial charge is 0.401 e. The van der Waals surface area contributed by atoms with Crippen molar-refractivity contribution in [3.8, 4) is 0 Å². The molecule has 1 heterocycles. The van der Waals surface area contributed by atoms with Gasteiger partial charge in [0.1, 0.15) is 16.5 Å². The second kappa shape index (κ2) is 5.79. The van der Waals surface area contributed by atoms with Crippen molar-refractivity contribution in [2.75, 3.05) is 5.32 Å². The summed E-state index contributed by atoms with van der Waals surface area (Å²) in [4.78, 5) is 21.3. The normalized spacial score (nSPS) is 10.7. The molecule has 2 aromatic rings. The molecule has 1 N–H and O–H groups in total. The van der Waals surface area contributed by atoms with Crippen LogP contribution in [0.5, 0.6) is 0 Å². The van der Waals surface area contributed by atoms with Gasteiger partial charge in [0.25, 0.3) is 0 Å². The van der Waals surface area contributed by atoms with Crippen molar-refractivity contribution >= 4 is 23.6 Å². The number of nitrogens with zero attached hydrogens (tertiary/aromatic N) is 1. The molecule has 0 atom stereocenters. The van der Waals surface area contributed by atoms with E-state index in [4.69, 9.17) is 4.42 Å². The number of carbonyl (C=O) groups excluding carboxylic acids is 1. The fourth-order valence-electron chi connectivity index (χ4n) is 1.40. The summed E-state index contributed by atoms with van der Waals surface area (Å²) in [6.45, 7) is 0. The number of hydrogen-bond donors (Lipinski definition) is 1. The van der Waals surface area contributed by atoms with Crippen LogP contribution in [0.2, 0.25) is 0 Å². The van der Waals surface area contributed by atoms with E-state index in [-0.39, 0.29) is 5.76 Å². The Kier molecular flexibility index (Phi) is 3.90. The predicted octanol–water partition coefficient (Wildman–Crippen LogP) is 2.98. The lowest BCUT2D eigenvalue weighted by Gasteiger charge is -2.00. The molecule has 0 spiro atoms.